The molecule has 1 aliphatic carbocycles. The molecule has 1 amide bonds. The quantitative estimate of drug-likeness (QED) is 0.692. The molecule has 1 aliphatic heterocycles. The van der Waals surface area contributed by atoms with Gasteiger partial charge in [0.15, 0.2) is 16.6 Å². The SMILES string of the molecule is Cc1sc(NC(=O)C2(c3ccc4c(c3)OCO4)CC2)nc1-c1cccc(O)c1. The number of benzene rings is 2. The minimum atomic E-state index is -0.536. The van der Waals surface area contributed by atoms with Crippen LogP contribution < -0.4 is 14.8 Å². The summed E-state index contributed by atoms with van der Waals surface area (Å²) in [4.78, 5) is 18.6. The molecule has 1 aromatic heterocycles. The number of rotatable bonds is 4. The van der Waals surface area contributed by atoms with E-state index < -0.39 is 5.41 Å². The molecule has 1 saturated carbocycles. The lowest BCUT2D eigenvalue weighted by Crippen LogP contribution is -2.27. The Kier molecular flexibility index (Phi) is 3.80. The Balaban J connectivity index is 1.39. The van der Waals surface area contributed by atoms with Gasteiger partial charge in [-0.3, -0.25) is 4.79 Å². The highest BCUT2D eigenvalue weighted by Gasteiger charge is 2.52. The van der Waals surface area contributed by atoms with Crippen LogP contribution in [0.1, 0.15) is 23.3 Å². The Morgan fingerprint density at radius 1 is 1.18 bits per heavy atom. The fourth-order valence-electron chi connectivity index (χ4n) is 3.55. The van der Waals surface area contributed by atoms with Crippen molar-refractivity contribution in [3.63, 3.8) is 0 Å². The minimum Gasteiger partial charge on any atom is -0.508 e. The number of carbonyl (C=O) groups is 1. The van der Waals surface area contributed by atoms with Gasteiger partial charge in [0.2, 0.25) is 12.7 Å². The van der Waals surface area contributed by atoms with Crippen LogP contribution in [0.4, 0.5) is 5.13 Å². The number of nitrogens with zero attached hydrogens (tertiary/aromatic N) is 1. The third-order valence-corrected chi connectivity index (χ3v) is 6.13. The maximum Gasteiger partial charge on any atom is 0.236 e. The smallest absolute Gasteiger partial charge is 0.236 e. The average Bonchev–Trinajstić information content (AvgIpc) is 3.22. The molecule has 28 heavy (non-hydrogen) atoms. The summed E-state index contributed by atoms with van der Waals surface area (Å²) in [5, 5.41) is 13.3. The van der Waals surface area contributed by atoms with Gasteiger partial charge in [-0.2, -0.15) is 0 Å². The normalized spacial score (nSPS) is 16.0. The van der Waals surface area contributed by atoms with Crippen molar-refractivity contribution >= 4 is 22.4 Å². The number of aromatic nitrogens is 1. The van der Waals surface area contributed by atoms with E-state index in [1.54, 1.807) is 18.2 Å². The van der Waals surface area contributed by atoms with Crippen LogP contribution in [0, 0.1) is 6.92 Å². The van der Waals surface area contributed by atoms with E-state index >= 15 is 0 Å². The molecule has 2 N–H and O–H groups in total. The Labute approximate surface area is 165 Å². The van der Waals surface area contributed by atoms with Crippen LogP contribution in [0.2, 0.25) is 0 Å². The van der Waals surface area contributed by atoms with Gasteiger partial charge in [0.1, 0.15) is 5.75 Å². The third-order valence-electron chi connectivity index (χ3n) is 5.25. The van der Waals surface area contributed by atoms with E-state index in [9.17, 15) is 9.90 Å². The van der Waals surface area contributed by atoms with Gasteiger partial charge >= 0.3 is 0 Å². The largest absolute Gasteiger partial charge is 0.508 e. The summed E-state index contributed by atoms with van der Waals surface area (Å²) >= 11 is 1.43. The van der Waals surface area contributed by atoms with Crippen molar-refractivity contribution in [2.24, 2.45) is 0 Å². The fourth-order valence-corrected chi connectivity index (χ4v) is 4.38. The van der Waals surface area contributed by atoms with Gasteiger partial charge in [0, 0.05) is 10.4 Å². The number of carbonyl (C=O) groups excluding carboxylic acids is 1. The van der Waals surface area contributed by atoms with Crippen LogP contribution in [0.15, 0.2) is 42.5 Å². The predicted octanol–water partition coefficient (Wildman–Crippen LogP) is 4.22. The van der Waals surface area contributed by atoms with Gasteiger partial charge in [0.05, 0.1) is 11.1 Å². The van der Waals surface area contributed by atoms with Crippen LogP contribution in [0.5, 0.6) is 17.2 Å². The van der Waals surface area contributed by atoms with Crippen LogP contribution in [-0.2, 0) is 10.2 Å². The molecule has 2 heterocycles. The minimum absolute atomic E-state index is 0.0532. The Hall–Kier alpha value is -3.06. The summed E-state index contributed by atoms with van der Waals surface area (Å²) in [6.45, 7) is 2.17. The number of amides is 1. The van der Waals surface area contributed by atoms with Crippen LogP contribution in [0.3, 0.4) is 0 Å². The van der Waals surface area contributed by atoms with Crippen LogP contribution in [-0.4, -0.2) is 22.8 Å². The first-order chi connectivity index (χ1) is 13.5. The number of hydrogen-bond acceptors (Lipinski definition) is 6. The van der Waals surface area contributed by atoms with Crippen molar-refractivity contribution in [1.29, 1.82) is 0 Å². The van der Waals surface area contributed by atoms with E-state index in [0.29, 0.717) is 16.6 Å². The predicted molar refractivity (Wildman–Crippen MR) is 106 cm³/mol. The Morgan fingerprint density at radius 3 is 2.79 bits per heavy atom. The van der Waals surface area contributed by atoms with E-state index in [0.717, 1.165) is 34.5 Å². The van der Waals surface area contributed by atoms with Gasteiger partial charge in [-0.1, -0.05) is 18.2 Å². The van der Waals surface area contributed by atoms with E-state index in [1.165, 1.54) is 11.3 Å². The van der Waals surface area contributed by atoms with Gasteiger partial charge in [-0.05, 0) is 49.6 Å². The maximum absolute atomic E-state index is 13.1. The van der Waals surface area contributed by atoms with E-state index in [-0.39, 0.29) is 18.4 Å². The van der Waals surface area contributed by atoms with Crippen molar-refractivity contribution < 1.29 is 19.4 Å². The maximum atomic E-state index is 13.1. The fraction of sp³-hybridized carbons (Fsp3) is 0.238. The molecule has 7 heteroatoms. The van der Waals surface area contributed by atoms with Crippen molar-refractivity contribution in [3.8, 4) is 28.5 Å². The highest BCUT2D eigenvalue weighted by Crippen LogP contribution is 2.51. The number of nitrogens with one attached hydrogen (secondary N) is 1. The van der Waals surface area contributed by atoms with Crippen molar-refractivity contribution in [1.82, 2.24) is 4.98 Å². The highest BCUT2D eigenvalue weighted by atomic mass is 32.1. The lowest BCUT2D eigenvalue weighted by molar-refractivity contribution is -0.118. The molecule has 0 bridgehead atoms. The Morgan fingerprint density at radius 2 is 2.00 bits per heavy atom. The van der Waals surface area contributed by atoms with Crippen molar-refractivity contribution in [3.05, 3.63) is 52.9 Å². The highest BCUT2D eigenvalue weighted by molar-refractivity contribution is 7.16. The molecular formula is C21H18N2O4S. The molecule has 5 rings (SSSR count). The second-order valence-corrected chi connectivity index (χ2v) is 8.28. The molecule has 0 saturated heterocycles. The summed E-state index contributed by atoms with van der Waals surface area (Å²) < 4.78 is 10.8. The number of aromatic hydroxyl groups is 1. The number of fused-ring (bicyclic) bond motifs is 1. The van der Waals surface area contributed by atoms with Gasteiger partial charge < -0.3 is 19.9 Å². The number of thiazole rings is 1. The number of phenolic OH excluding ortho intramolecular Hbond substituents is 1. The van der Waals surface area contributed by atoms with Gasteiger partial charge in [-0.15, -0.1) is 11.3 Å². The van der Waals surface area contributed by atoms with Crippen molar-refractivity contribution in [2.75, 3.05) is 12.1 Å². The molecule has 0 atom stereocenters. The lowest BCUT2D eigenvalue weighted by Gasteiger charge is -2.15. The number of ether oxygens (including phenoxy) is 2. The second kappa shape index (κ2) is 6.24. The molecular weight excluding hydrogens is 376 g/mol. The first-order valence-electron chi connectivity index (χ1n) is 9.04. The zero-order valence-electron chi connectivity index (χ0n) is 15.2. The second-order valence-electron chi connectivity index (χ2n) is 7.08. The third kappa shape index (κ3) is 2.79. The molecule has 2 aromatic carbocycles. The molecule has 0 spiro atoms. The molecule has 6 nitrogen and oxygen atoms in total. The summed E-state index contributed by atoms with van der Waals surface area (Å²) in [6.07, 6.45) is 1.59. The first kappa shape index (κ1) is 17.1. The molecule has 1 fully saturated rings. The zero-order valence-corrected chi connectivity index (χ0v) is 16.0. The van der Waals surface area contributed by atoms with Crippen molar-refractivity contribution in [2.45, 2.75) is 25.2 Å². The van der Waals surface area contributed by atoms with Crippen LogP contribution in [0.25, 0.3) is 11.3 Å². The molecule has 0 unspecified atom stereocenters. The van der Waals surface area contributed by atoms with E-state index in [2.05, 4.69) is 10.3 Å². The number of phenols is 1. The van der Waals surface area contributed by atoms with Crippen LogP contribution >= 0.6 is 11.3 Å². The topological polar surface area (TPSA) is 80.7 Å². The zero-order chi connectivity index (χ0) is 19.3. The number of anilines is 1. The van der Waals surface area contributed by atoms with Gasteiger partial charge in [-0.25, -0.2) is 4.98 Å². The van der Waals surface area contributed by atoms with E-state index in [1.807, 2.05) is 31.2 Å². The summed E-state index contributed by atoms with van der Waals surface area (Å²) in [6, 6.07) is 12.7. The molecule has 142 valence electrons. The Bertz CT molecular complexity index is 1090. The number of aryl methyl sites for hydroxylation is 1. The lowest BCUT2D eigenvalue weighted by atomic mass is 9.94. The number of hydrogen-bond donors (Lipinski definition) is 2. The van der Waals surface area contributed by atoms with Gasteiger partial charge in [0.25, 0.3) is 0 Å². The summed E-state index contributed by atoms with van der Waals surface area (Å²) in [5.41, 5.74) is 2.00. The summed E-state index contributed by atoms with van der Waals surface area (Å²) in [5.74, 6) is 1.54. The molecule has 2 aliphatic rings. The average molecular weight is 394 g/mol. The standard InChI is InChI=1S/C21H18N2O4S/c1-12-18(13-3-2-4-15(24)9-13)22-20(28-12)23-19(25)21(7-8-21)14-5-6-16-17(10-14)27-11-26-16/h2-6,9-10,24H,7-8,11H2,1H3,(H,22,23,25). The summed E-state index contributed by atoms with van der Waals surface area (Å²) in [7, 11) is 0. The van der Waals surface area contributed by atoms with E-state index in [4.69, 9.17) is 9.47 Å². The molecule has 0 radical (unpaired) electrons. The first-order valence-corrected chi connectivity index (χ1v) is 9.85. The monoisotopic (exact) mass is 394 g/mol. The molecule has 3 aromatic rings.